The number of carbonyl (C=O) groups excluding carboxylic acids is 1. The number of ketones is 1. The summed E-state index contributed by atoms with van der Waals surface area (Å²) in [7, 11) is 0. The number of hydrogen-bond donors (Lipinski definition) is 0. The highest BCUT2D eigenvalue weighted by Crippen LogP contribution is 2.75. The van der Waals surface area contributed by atoms with Crippen molar-refractivity contribution in [3.05, 3.63) is 0 Å². The van der Waals surface area contributed by atoms with Crippen LogP contribution in [0.25, 0.3) is 0 Å². The minimum Gasteiger partial charge on any atom is -0.369 e. The zero-order valence-electron chi connectivity index (χ0n) is 22.4. The molecule has 0 amide bonds. The topological polar surface area (TPSA) is 26.3 Å². The fraction of sp³-hybridized carbons (Fsp3) is 0.967. The highest BCUT2D eigenvalue weighted by atomic mass is 16.5. The Morgan fingerprint density at radius 3 is 2.06 bits per heavy atom. The van der Waals surface area contributed by atoms with Crippen LogP contribution in [0, 0.1) is 45.3 Å². The van der Waals surface area contributed by atoms with E-state index in [-0.39, 0.29) is 16.6 Å². The third-order valence-electron chi connectivity index (χ3n) is 12.9. The van der Waals surface area contributed by atoms with Gasteiger partial charge in [-0.25, -0.2) is 0 Å². The molecule has 5 rings (SSSR count). The average Bonchev–Trinajstić information content (AvgIpc) is 3.03. The van der Waals surface area contributed by atoms with Crippen molar-refractivity contribution in [3.8, 4) is 0 Å². The monoisotopic (exact) mass is 442 g/mol. The summed E-state index contributed by atoms with van der Waals surface area (Å²) in [5.41, 5.74) is 1.07. The van der Waals surface area contributed by atoms with Gasteiger partial charge >= 0.3 is 0 Å². The molecule has 1 saturated heterocycles. The number of Topliss-reactive ketones (excluding diaryl/α,β-unsaturated/α-hetero) is 1. The molecule has 1 heterocycles. The van der Waals surface area contributed by atoms with Gasteiger partial charge in [-0.05, 0) is 125 Å². The molecule has 0 aromatic carbocycles. The number of fused-ring (bicyclic) bond motifs is 5. The Hall–Kier alpha value is -0.370. The van der Waals surface area contributed by atoms with Crippen LogP contribution in [0.2, 0.25) is 0 Å². The lowest BCUT2D eigenvalue weighted by Gasteiger charge is -2.69. The first-order chi connectivity index (χ1) is 14.7. The standard InChI is InChI=1S/C30H50O2/c1-25(2)15-9-16-30(8,32-25)21-12-18-28(6)20(21)10-11-23-27(5)17-14-24(31)26(3,4)22(27)13-19-29(23,28)7/h20-23H,9-19H2,1-8H3. The minimum atomic E-state index is -0.140. The van der Waals surface area contributed by atoms with E-state index in [4.69, 9.17) is 4.74 Å². The molecule has 0 bridgehead atoms. The molecular weight excluding hydrogens is 392 g/mol. The third kappa shape index (κ3) is 2.89. The first-order valence-corrected chi connectivity index (χ1v) is 13.9. The van der Waals surface area contributed by atoms with E-state index in [1.807, 2.05) is 0 Å². The van der Waals surface area contributed by atoms with Gasteiger partial charge in [0.15, 0.2) is 0 Å². The van der Waals surface area contributed by atoms with Crippen LogP contribution in [0.5, 0.6) is 0 Å². The summed E-state index contributed by atoms with van der Waals surface area (Å²) in [6.45, 7) is 19.6. The maximum Gasteiger partial charge on any atom is 0.138 e. The molecule has 2 heteroatoms. The molecule has 5 fully saturated rings. The van der Waals surface area contributed by atoms with Gasteiger partial charge in [0.2, 0.25) is 0 Å². The van der Waals surface area contributed by atoms with Crippen molar-refractivity contribution in [2.24, 2.45) is 45.3 Å². The minimum absolute atomic E-state index is 0.0266. The molecule has 8 unspecified atom stereocenters. The van der Waals surface area contributed by atoms with Crippen molar-refractivity contribution < 1.29 is 9.53 Å². The van der Waals surface area contributed by atoms with Crippen LogP contribution >= 0.6 is 0 Å². The van der Waals surface area contributed by atoms with Gasteiger partial charge in [0.1, 0.15) is 5.78 Å². The summed E-state index contributed by atoms with van der Waals surface area (Å²) in [5.74, 6) is 3.35. The zero-order chi connectivity index (χ0) is 23.4. The molecule has 8 atom stereocenters. The molecule has 0 spiro atoms. The first-order valence-electron chi connectivity index (χ1n) is 13.9. The predicted octanol–water partition coefficient (Wildman–Crippen LogP) is 7.98. The van der Waals surface area contributed by atoms with E-state index in [2.05, 4.69) is 55.4 Å². The van der Waals surface area contributed by atoms with Gasteiger partial charge < -0.3 is 4.74 Å². The Morgan fingerprint density at radius 1 is 0.688 bits per heavy atom. The van der Waals surface area contributed by atoms with Crippen LogP contribution < -0.4 is 0 Å². The second-order valence-corrected chi connectivity index (χ2v) is 15.0. The summed E-state index contributed by atoms with van der Waals surface area (Å²) in [6.07, 6.45) is 13.7. The molecule has 182 valence electrons. The quantitative estimate of drug-likeness (QED) is 0.411. The van der Waals surface area contributed by atoms with E-state index in [1.54, 1.807) is 0 Å². The van der Waals surface area contributed by atoms with Gasteiger partial charge in [-0.3, -0.25) is 4.79 Å². The molecule has 4 saturated carbocycles. The lowest BCUT2D eigenvalue weighted by Crippen LogP contribution is -2.63. The molecule has 5 aliphatic rings. The normalized spacial score (nSPS) is 54.4. The van der Waals surface area contributed by atoms with Crippen LogP contribution in [-0.2, 0) is 9.53 Å². The summed E-state index contributed by atoms with van der Waals surface area (Å²) < 4.78 is 6.92. The second-order valence-electron chi connectivity index (χ2n) is 15.0. The van der Waals surface area contributed by atoms with Crippen molar-refractivity contribution in [2.45, 2.75) is 137 Å². The average molecular weight is 443 g/mol. The lowest BCUT2D eigenvalue weighted by molar-refractivity contribution is -0.226. The molecule has 1 aliphatic heterocycles. The van der Waals surface area contributed by atoms with Crippen molar-refractivity contribution >= 4 is 5.78 Å². The Morgan fingerprint density at radius 2 is 1.38 bits per heavy atom. The van der Waals surface area contributed by atoms with Crippen LogP contribution in [0.3, 0.4) is 0 Å². The second kappa shape index (κ2) is 6.86. The molecule has 4 aliphatic carbocycles. The molecule has 2 nitrogen and oxygen atoms in total. The molecule has 0 N–H and O–H groups in total. The van der Waals surface area contributed by atoms with Gasteiger partial charge in [-0.2, -0.15) is 0 Å². The fourth-order valence-corrected chi connectivity index (χ4v) is 11.1. The smallest absolute Gasteiger partial charge is 0.138 e. The largest absolute Gasteiger partial charge is 0.369 e. The molecular formula is C30H50O2. The molecule has 0 aromatic rings. The summed E-state index contributed by atoms with van der Waals surface area (Å²) >= 11 is 0. The van der Waals surface area contributed by atoms with E-state index in [1.165, 1.54) is 57.8 Å². The maximum absolute atomic E-state index is 12.9. The van der Waals surface area contributed by atoms with Crippen LogP contribution in [-0.4, -0.2) is 17.0 Å². The van der Waals surface area contributed by atoms with Crippen LogP contribution in [0.15, 0.2) is 0 Å². The Bertz CT molecular complexity index is 797. The molecule has 0 aromatic heterocycles. The number of ether oxygens (including phenoxy) is 1. The summed E-state index contributed by atoms with van der Waals surface area (Å²) in [5, 5.41) is 0. The van der Waals surface area contributed by atoms with E-state index in [0.29, 0.717) is 33.9 Å². The third-order valence-corrected chi connectivity index (χ3v) is 12.9. The van der Waals surface area contributed by atoms with Gasteiger partial charge in [0.25, 0.3) is 0 Å². The fourth-order valence-electron chi connectivity index (χ4n) is 11.1. The predicted molar refractivity (Wildman–Crippen MR) is 131 cm³/mol. The van der Waals surface area contributed by atoms with E-state index < -0.39 is 0 Å². The van der Waals surface area contributed by atoms with E-state index >= 15 is 0 Å². The van der Waals surface area contributed by atoms with Gasteiger partial charge in [-0.1, -0.05) is 34.6 Å². The van der Waals surface area contributed by atoms with Crippen LogP contribution in [0.4, 0.5) is 0 Å². The van der Waals surface area contributed by atoms with Crippen molar-refractivity contribution in [2.75, 3.05) is 0 Å². The van der Waals surface area contributed by atoms with Crippen molar-refractivity contribution in [1.29, 1.82) is 0 Å². The zero-order valence-corrected chi connectivity index (χ0v) is 22.4. The Kier molecular flexibility index (Phi) is 5.01. The first kappa shape index (κ1) is 23.4. The van der Waals surface area contributed by atoms with E-state index in [9.17, 15) is 4.79 Å². The molecule has 32 heavy (non-hydrogen) atoms. The van der Waals surface area contributed by atoms with Crippen molar-refractivity contribution in [1.82, 2.24) is 0 Å². The molecule has 0 radical (unpaired) electrons. The van der Waals surface area contributed by atoms with Gasteiger partial charge in [-0.15, -0.1) is 0 Å². The lowest BCUT2D eigenvalue weighted by atomic mass is 9.35. The summed E-state index contributed by atoms with van der Waals surface area (Å²) in [6, 6.07) is 0. The maximum atomic E-state index is 12.9. The number of hydrogen-bond acceptors (Lipinski definition) is 2. The number of rotatable bonds is 1. The van der Waals surface area contributed by atoms with Gasteiger partial charge in [0.05, 0.1) is 11.2 Å². The summed E-state index contributed by atoms with van der Waals surface area (Å²) in [4.78, 5) is 12.9. The van der Waals surface area contributed by atoms with Crippen LogP contribution in [0.1, 0.15) is 126 Å². The Labute approximate surface area is 198 Å². The number of carbonyl (C=O) groups is 1. The van der Waals surface area contributed by atoms with Crippen molar-refractivity contribution in [3.63, 3.8) is 0 Å². The highest BCUT2D eigenvalue weighted by molar-refractivity contribution is 5.85. The highest BCUT2D eigenvalue weighted by Gasteiger charge is 2.69. The Balaban J connectivity index is 1.48. The van der Waals surface area contributed by atoms with E-state index in [0.717, 1.165) is 24.7 Å². The SMILES string of the molecule is CC1(C)CCCC(C)(C2CCC3(C)C2CCC2C4(C)CCC(=O)C(C)(C)C4CCC23C)O1. The van der Waals surface area contributed by atoms with Gasteiger partial charge in [0, 0.05) is 11.8 Å².